The third-order valence-corrected chi connectivity index (χ3v) is 8.21. The largest absolute Gasteiger partial charge is 0.496 e. The molecule has 220 valence electrons. The second kappa shape index (κ2) is 15.2. The van der Waals surface area contributed by atoms with E-state index in [1.165, 1.54) is 41.6 Å². The van der Waals surface area contributed by atoms with Crippen molar-refractivity contribution in [3.63, 3.8) is 0 Å². The summed E-state index contributed by atoms with van der Waals surface area (Å²) in [6.07, 6.45) is 5.67. The van der Waals surface area contributed by atoms with Gasteiger partial charge in [0, 0.05) is 43.2 Å². The summed E-state index contributed by atoms with van der Waals surface area (Å²) in [6.45, 7) is 8.91. The van der Waals surface area contributed by atoms with Crippen molar-refractivity contribution in [1.29, 1.82) is 0 Å². The fraction of sp³-hybridized carbons (Fsp3) is 0.486. The number of rotatable bonds is 14. The van der Waals surface area contributed by atoms with E-state index in [0.29, 0.717) is 32.3 Å². The SMILES string of the molecule is CCCN1CCCc2ccc(CO[C@H]3CNCC[C@@H]3c3ccc(OCCCOCc4ccccc4OC)cc3)cc21. The number of hydrogen-bond donors (Lipinski definition) is 1. The van der Waals surface area contributed by atoms with Gasteiger partial charge in [-0.05, 0) is 73.2 Å². The number of piperidine rings is 1. The fourth-order valence-corrected chi connectivity index (χ4v) is 6.04. The molecule has 1 N–H and O–H groups in total. The Morgan fingerprint density at radius 2 is 1.85 bits per heavy atom. The fourth-order valence-electron chi connectivity index (χ4n) is 6.04. The van der Waals surface area contributed by atoms with Gasteiger partial charge in [0.25, 0.3) is 0 Å². The zero-order valence-corrected chi connectivity index (χ0v) is 24.8. The highest BCUT2D eigenvalue weighted by Gasteiger charge is 2.27. The topological polar surface area (TPSA) is 52.2 Å². The van der Waals surface area contributed by atoms with Gasteiger partial charge >= 0.3 is 0 Å². The Balaban J connectivity index is 1.08. The lowest BCUT2D eigenvalue weighted by Crippen LogP contribution is -2.41. The molecule has 2 aliphatic heterocycles. The number of aryl methyl sites for hydroxylation is 1. The summed E-state index contributed by atoms with van der Waals surface area (Å²) in [5.74, 6) is 2.14. The van der Waals surface area contributed by atoms with Gasteiger partial charge in [-0.15, -0.1) is 0 Å². The Labute approximate surface area is 246 Å². The van der Waals surface area contributed by atoms with Gasteiger partial charge in [0.05, 0.1) is 39.6 Å². The van der Waals surface area contributed by atoms with E-state index in [4.69, 9.17) is 18.9 Å². The summed E-state index contributed by atoms with van der Waals surface area (Å²) in [5.41, 5.74) is 6.55. The highest BCUT2D eigenvalue weighted by atomic mass is 16.5. The molecular formula is C35H46N2O4. The predicted molar refractivity (Wildman–Crippen MR) is 165 cm³/mol. The van der Waals surface area contributed by atoms with E-state index >= 15 is 0 Å². The van der Waals surface area contributed by atoms with Crippen molar-refractivity contribution in [2.24, 2.45) is 0 Å². The Morgan fingerprint density at radius 1 is 0.976 bits per heavy atom. The van der Waals surface area contributed by atoms with Crippen molar-refractivity contribution in [2.45, 2.75) is 64.3 Å². The van der Waals surface area contributed by atoms with Gasteiger partial charge in [-0.25, -0.2) is 0 Å². The third kappa shape index (κ3) is 8.03. The first-order chi connectivity index (χ1) is 20.2. The first-order valence-corrected chi connectivity index (χ1v) is 15.4. The van der Waals surface area contributed by atoms with Crippen LogP contribution in [-0.2, 0) is 29.1 Å². The van der Waals surface area contributed by atoms with Crippen LogP contribution in [0.25, 0.3) is 0 Å². The van der Waals surface area contributed by atoms with Crippen molar-refractivity contribution in [3.8, 4) is 11.5 Å². The number of anilines is 1. The maximum absolute atomic E-state index is 6.57. The Hall–Kier alpha value is -3.06. The molecule has 6 heteroatoms. The van der Waals surface area contributed by atoms with E-state index in [0.717, 1.165) is 56.1 Å². The minimum Gasteiger partial charge on any atom is -0.496 e. The molecule has 0 bridgehead atoms. The van der Waals surface area contributed by atoms with Crippen molar-refractivity contribution in [1.82, 2.24) is 5.32 Å². The van der Waals surface area contributed by atoms with Crippen LogP contribution in [0, 0.1) is 0 Å². The molecule has 6 nitrogen and oxygen atoms in total. The molecule has 3 aromatic carbocycles. The predicted octanol–water partition coefficient (Wildman–Crippen LogP) is 6.51. The molecule has 5 rings (SSSR count). The smallest absolute Gasteiger partial charge is 0.124 e. The van der Waals surface area contributed by atoms with Gasteiger partial charge in [0.2, 0.25) is 0 Å². The van der Waals surface area contributed by atoms with Crippen LogP contribution in [0.15, 0.2) is 66.7 Å². The van der Waals surface area contributed by atoms with Crippen molar-refractivity contribution in [3.05, 3.63) is 89.0 Å². The standard InChI is InChI=1S/C35H46N2O4/c1-3-19-37-20-6-9-29-12-11-27(23-33(29)37)25-41-35-24-36-18-17-32(35)28-13-15-31(16-14-28)40-22-7-21-39-26-30-8-4-5-10-34(30)38-2/h4-5,8,10-16,23,32,35-36H,3,6-7,9,17-22,24-26H2,1-2H3/t32-,35+/m1/s1. The molecule has 0 amide bonds. The van der Waals surface area contributed by atoms with Crippen LogP contribution in [0.4, 0.5) is 5.69 Å². The normalized spacial score (nSPS) is 18.6. The molecule has 0 aromatic heterocycles. The van der Waals surface area contributed by atoms with E-state index < -0.39 is 0 Å². The number of fused-ring (bicyclic) bond motifs is 1. The summed E-state index contributed by atoms with van der Waals surface area (Å²) < 4.78 is 23.8. The van der Waals surface area contributed by atoms with E-state index in [-0.39, 0.29) is 6.10 Å². The molecule has 1 saturated heterocycles. The van der Waals surface area contributed by atoms with Gasteiger partial charge in [-0.1, -0.05) is 49.4 Å². The van der Waals surface area contributed by atoms with Gasteiger partial charge in [-0.3, -0.25) is 0 Å². The summed E-state index contributed by atoms with van der Waals surface area (Å²) in [7, 11) is 1.69. The van der Waals surface area contributed by atoms with E-state index in [1.807, 2.05) is 24.3 Å². The number of methoxy groups -OCH3 is 1. The van der Waals surface area contributed by atoms with Crippen LogP contribution >= 0.6 is 0 Å². The van der Waals surface area contributed by atoms with Crippen molar-refractivity contribution >= 4 is 5.69 Å². The maximum atomic E-state index is 6.57. The molecule has 0 aliphatic carbocycles. The van der Waals surface area contributed by atoms with Gasteiger partial charge < -0.3 is 29.2 Å². The highest BCUT2D eigenvalue weighted by molar-refractivity contribution is 5.57. The molecular weight excluding hydrogens is 512 g/mol. The monoisotopic (exact) mass is 558 g/mol. The quantitative estimate of drug-likeness (QED) is 0.228. The molecule has 2 heterocycles. The Morgan fingerprint density at radius 3 is 2.71 bits per heavy atom. The van der Waals surface area contributed by atoms with E-state index in [2.05, 4.69) is 59.6 Å². The minimum atomic E-state index is 0.152. The number of nitrogens with one attached hydrogen (secondary N) is 1. The third-order valence-electron chi connectivity index (χ3n) is 8.21. The average Bonchev–Trinajstić information content (AvgIpc) is 3.02. The second-order valence-electron chi connectivity index (χ2n) is 11.1. The first-order valence-electron chi connectivity index (χ1n) is 15.4. The summed E-state index contributed by atoms with van der Waals surface area (Å²) in [6, 6.07) is 23.5. The molecule has 3 aromatic rings. The molecule has 2 atom stereocenters. The zero-order chi connectivity index (χ0) is 28.3. The van der Waals surface area contributed by atoms with Gasteiger partial charge in [-0.2, -0.15) is 0 Å². The summed E-state index contributed by atoms with van der Waals surface area (Å²) in [5, 5.41) is 3.54. The molecule has 2 aliphatic rings. The van der Waals surface area contributed by atoms with Crippen LogP contribution in [0.5, 0.6) is 11.5 Å². The van der Waals surface area contributed by atoms with Crippen molar-refractivity contribution < 1.29 is 18.9 Å². The van der Waals surface area contributed by atoms with Crippen LogP contribution in [0.2, 0.25) is 0 Å². The van der Waals surface area contributed by atoms with E-state index in [9.17, 15) is 0 Å². The van der Waals surface area contributed by atoms with Crippen LogP contribution in [0.3, 0.4) is 0 Å². The number of benzene rings is 3. The number of nitrogens with zero attached hydrogens (tertiary/aromatic N) is 1. The van der Waals surface area contributed by atoms with Crippen LogP contribution in [-0.4, -0.2) is 52.6 Å². The zero-order valence-electron chi connectivity index (χ0n) is 24.8. The summed E-state index contributed by atoms with van der Waals surface area (Å²) >= 11 is 0. The summed E-state index contributed by atoms with van der Waals surface area (Å²) in [4.78, 5) is 2.55. The Bertz CT molecular complexity index is 1220. The average molecular weight is 559 g/mol. The lowest BCUT2D eigenvalue weighted by atomic mass is 9.87. The highest BCUT2D eigenvalue weighted by Crippen LogP contribution is 2.32. The van der Waals surface area contributed by atoms with Crippen molar-refractivity contribution in [2.75, 3.05) is 51.4 Å². The molecule has 0 saturated carbocycles. The molecule has 41 heavy (non-hydrogen) atoms. The van der Waals surface area contributed by atoms with Gasteiger partial charge in [0.15, 0.2) is 0 Å². The second-order valence-corrected chi connectivity index (χ2v) is 11.1. The molecule has 0 radical (unpaired) electrons. The minimum absolute atomic E-state index is 0.152. The van der Waals surface area contributed by atoms with Crippen LogP contribution in [0.1, 0.15) is 60.8 Å². The lowest BCUT2D eigenvalue weighted by Gasteiger charge is -2.33. The molecule has 1 fully saturated rings. The first kappa shape index (κ1) is 29.4. The van der Waals surface area contributed by atoms with Gasteiger partial charge in [0.1, 0.15) is 11.5 Å². The number of ether oxygens (including phenoxy) is 4. The van der Waals surface area contributed by atoms with Crippen LogP contribution < -0.4 is 19.7 Å². The number of hydrogen-bond acceptors (Lipinski definition) is 6. The maximum Gasteiger partial charge on any atom is 0.124 e. The van der Waals surface area contributed by atoms with E-state index in [1.54, 1.807) is 7.11 Å². The lowest BCUT2D eigenvalue weighted by molar-refractivity contribution is 0.0106. The Kier molecular flexibility index (Phi) is 10.9. The number of para-hydroxylation sites is 1. The molecule has 0 spiro atoms. The molecule has 0 unspecified atom stereocenters.